The number of nitrogens with two attached hydrogens (primary N) is 1. The van der Waals surface area contributed by atoms with Gasteiger partial charge in [0.15, 0.2) is 0 Å². The predicted molar refractivity (Wildman–Crippen MR) is 86.4 cm³/mol. The van der Waals surface area contributed by atoms with E-state index in [1.807, 2.05) is 13.8 Å². The smallest absolute Gasteiger partial charge is 0.257 e. The molecule has 1 aromatic rings. The van der Waals surface area contributed by atoms with Crippen LogP contribution < -0.4 is 16.4 Å². The maximum atomic E-state index is 13.4. The quantitative estimate of drug-likeness (QED) is 0.654. The van der Waals surface area contributed by atoms with Crippen LogP contribution >= 0.6 is 12.4 Å². The zero-order chi connectivity index (χ0) is 16.7. The van der Waals surface area contributed by atoms with Crippen molar-refractivity contribution in [2.75, 3.05) is 13.1 Å². The van der Waals surface area contributed by atoms with Crippen LogP contribution in [0.15, 0.2) is 18.2 Å². The number of nitrogens with one attached hydrogen (secondary N) is 2. The molecular weight excluding hydrogens is 328 g/mol. The van der Waals surface area contributed by atoms with Gasteiger partial charge in [0.2, 0.25) is 5.91 Å². The summed E-state index contributed by atoms with van der Waals surface area (Å²) in [7, 11) is 0. The number of carbonyl (C=O) groups excluding carboxylic acids is 2. The molecule has 0 aliphatic carbocycles. The summed E-state index contributed by atoms with van der Waals surface area (Å²) in [5, 5.41) is 4.90. The maximum absolute atomic E-state index is 13.4. The van der Waals surface area contributed by atoms with E-state index in [0.717, 1.165) is 12.1 Å². The largest absolute Gasteiger partial charge is 0.353 e. The Labute approximate surface area is 140 Å². The maximum Gasteiger partial charge on any atom is 0.257 e. The third-order valence-electron chi connectivity index (χ3n) is 2.96. The fourth-order valence-electron chi connectivity index (χ4n) is 1.91. The molecule has 5 nitrogen and oxygen atoms in total. The summed E-state index contributed by atoms with van der Waals surface area (Å²) in [4.78, 5) is 23.3. The first kappa shape index (κ1) is 21.3. The van der Waals surface area contributed by atoms with Gasteiger partial charge in [-0.15, -0.1) is 12.4 Å². The van der Waals surface area contributed by atoms with E-state index >= 15 is 0 Å². The van der Waals surface area contributed by atoms with Crippen LogP contribution in [-0.4, -0.2) is 30.9 Å². The van der Waals surface area contributed by atoms with Crippen LogP contribution in [0.2, 0.25) is 0 Å². The first-order valence-corrected chi connectivity index (χ1v) is 7.08. The molecule has 0 radical (unpaired) electrons. The number of amides is 2. The SMILES string of the molecule is CC(C)C[C@H](N)C(=O)NCCNC(=O)c1c(F)cccc1F.Cl. The summed E-state index contributed by atoms with van der Waals surface area (Å²) in [5.74, 6) is -2.75. The summed E-state index contributed by atoms with van der Waals surface area (Å²) >= 11 is 0. The number of hydrogen-bond acceptors (Lipinski definition) is 3. The zero-order valence-electron chi connectivity index (χ0n) is 13.1. The predicted octanol–water partition coefficient (Wildman–Crippen LogP) is 1.61. The van der Waals surface area contributed by atoms with Crippen molar-refractivity contribution in [3.8, 4) is 0 Å². The highest BCUT2D eigenvalue weighted by Gasteiger charge is 2.17. The zero-order valence-corrected chi connectivity index (χ0v) is 13.9. The molecule has 0 saturated heterocycles. The number of halogens is 3. The normalized spacial score (nSPS) is 11.6. The lowest BCUT2D eigenvalue weighted by Gasteiger charge is -2.14. The van der Waals surface area contributed by atoms with Crippen LogP contribution in [0.3, 0.4) is 0 Å². The van der Waals surface area contributed by atoms with Gasteiger partial charge in [-0.1, -0.05) is 19.9 Å². The third-order valence-corrected chi connectivity index (χ3v) is 2.96. The Kier molecular flexibility index (Phi) is 9.36. The molecule has 0 aliphatic heterocycles. The van der Waals surface area contributed by atoms with E-state index in [0.29, 0.717) is 12.3 Å². The third kappa shape index (κ3) is 6.92. The Hall–Kier alpha value is -1.73. The fourth-order valence-corrected chi connectivity index (χ4v) is 1.91. The molecule has 0 bridgehead atoms. The number of carbonyl (C=O) groups is 2. The molecule has 1 atom stereocenters. The van der Waals surface area contributed by atoms with E-state index in [4.69, 9.17) is 5.73 Å². The van der Waals surface area contributed by atoms with Crippen LogP contribution in [0.4, 0.5) is 8.78 Å². The van der Waals surface area contributed by atoms with Gasteiger partial charge in [0.25, 0.3) is 5.91 Å². The molecule has 4 N–H and O–H groups in total. The summed E-state index contributed by atoms with van der Waals surface area (Å²) in [6.45, 7) is 4.09. The van der Waals surface area contributed by atoms with Gasteiger partial charge in [-0.3, -0.25) is 9.59 Å². The Balaban J connectivity index is 0.00000484. The summed E-state index contributed by atoms with van der Waals surface area (Å²) in [6.07, 6.45) is 0.554. The van der Waals surface area contributed by atoms with Crippen LogP contribution in [0.5, 0.6) is 0 Å². The van der Waals surface area contributed by atoms with Gasteiger partial charge in [0.1, 0.15) is 17.2 Å². The lowest BCUT2D eigenvalue weighted by atomic mass is 10.0. The van der Waals surface area contributed by atoms with Gasteiger partial charge in [0.05, 0.1) is 6.04 Å². The number of benzene rings is 1. The van der Waals surface area contributed by atoms with E-state index in [1.54, 1.807) is 0 Å². The number of hydrogen-bond donors (Lipinski definition) is 3. The van der Waals surface area contributed by atoms with Gasteiger partial charge >= 0.3 is 0 Å². The minimum absolute atomic E-state index is 0. The summed E-state index contributed by atoms with van der Waals surface area (Å²) in [5.41, 5.74) is 5.06. The van der Waals surface area contributed by atoms with Gasteiger partial charge in [0, 0.05) is 13.1 Å². The van der Waals surface area contributed by atoms with Gasteiger partial charge in [-0.05, 0) is 24.5 Å². The highest BCUT2D eigenvalue weighted by atomic mass is 35.5. The molecule has 2 amide bonds. The Morgan fingerprint density at radius 3 is 2.17 bits per heavy atom. The van der Waals surface area contributed by atoms with E-state index in [9.17, 15) is 18.4 Å². The van der Waals surface area contributed by atoms with Crippen molar-refractivity contribution in [1.82, 2.24) is 10.6 Å². The highest BCUT2D eigenvalue weighted by Crippen LogP contribution is 2.11. The van der Waals surface area contributed by atoms with E-state index < -0.39 is 29.1 Å². The lowest BCUT2D eigenvalue weighted by molar-refractivity contribution is -0.122. The molecule has 130 valence electrons. The topological polar surface area (TPSA) is 84.2 Å². The Morgan fingerprint density at radius 2 is 1.65 bits per heavy atom. The first-order chi connectivity index (χ1) is 10.3. The molecule has 0 unspecified atom stereocenters. The average Bonchev–Trinajstić information content (AvgIpc) is 2.42. The van der Waals surface area contributed by atoms with Crippen LogP contribution in [-0.2, 0) is 4.79 Å². The number of rotatable bonds is 7. The highest BCUT2D eigenvalue weighted by molar-refractivity contribution is 5.94. The first-order valence-electron chi connectivity index (χ1n) is 7.08. The molecule has 8 heteroatoms. The molecule has 1 aromatic carbocycles. The average molecular weight is 350 g/mol. The fraction of sp³-hybridized carbons (Fsp3) is 0.467. The second-order valence-corrected chi connectivity index (χ2v) is 5.38. The van der Waals surface area contributed by atoms with Crippen molar-refractivity contribution in [3.63, 3.8) is 0 Å². The Bertz CT molecular complexity index is 521. The standard InChI is InChI=1S/C15H21F2N3O2.ClH/c1-9(2)8-12(18)14(21)19-6-7-20-15(22)13-10(16)4-3-5-11(13)17;/h3-5,9,12H,6-8,18H2,1-2H3,(H,19,21)(H,20,22);1H/t12-;/m0./s1. The van der Waals surface area contributed by atoms with Crippen molar-refractivity contribution >= 4 is 24.2 Å². The lowest BCUT2D eigenvalue weighted by Crippen LogP contribution is -2.44. The monoisotopic (exact) mass is 349 g/mol. The summed E-state index contributed by atoms with van der Waals surface area (Å²) in [6, 6.07) is 2.58. The van der Waals surface area contributed by atoms with Gasteiger partial charge in [-0.25, -0.2) is 8.78 Å². The minimum atomic E-state index is -0.930. The van der Waals surface area contributed by atoms with Crippen molar-refractivity contribution in [2.45, 2.75) is 26.3 Å². The second kappa shape index (κ2) is 10.1. The van der Waals surface area contributed by atoms with Gasteiger partial charge < -0.3 is 16.4 Å². The minimum Gasteiger partial charge on any atom is -0.353 e. The van der Waals surface area contributed by atoms with Crippen molar-refractivity contribution in [2.24, 2.45) is 11.7 Å². The molecule has 0 aromatic heterocycles. The van der Waals surface area contributed by atoms with E-state index in [1.165, 1.54) is 6.07 Å². The van der Waals surface area contributed by atoms with E-state index in [2.05, 4.69) is 10.6 Å². The van der Waals surface area contributed by atoms with Gasteiger partial charge in [-0.2, -0.15) is 0 Å². The second-order valence-electron chi connectivity index (χ2n) is 5.38. The van der Waals surface area contributed by atoms with Crippen LogP contribution in [0.25, 0.3) is 0 Å². The molecular formula is C15H22ClF2N3O2. The Morgan fingerprint density at radius 1 is 1.13 bits per heavy atom. The molecule has 0 fully saturated rings. The molecule has 0 aliphatic rings. The van der Waals surface area contributed by atoms with Crippen LogP contribution in [0, 0.1) is 17.6 Å². The van der Waals surface area contributed by atoms with Crippen molar-refractivity contribution in [3.05, 3.63) is 35.4 Å². The van der Waals surface area contributed by atoms with Crippen molar-refractivity contribution < 1.29 is 18.4 Å². The molecule has 1 rings (SSSR count). The summed E-state index contributed by atoms with van der Waals surface area (Å²) < 4.78 is 26.8. The van der Waals surface area contributed by atoms with Crippen molar-refractivity contribution in [1.29, 1.82) is 0 Å². The van der Waals surface area contributed by atoms with E-state index in [-0.39, 0.29) is 31.4 Å². The molecule has 0 heterocycles. The molecule has 0 saturated carbocycles. The molecule has 0 spiro atoms. The van der Waals surface area contributed by atoms with Crippen LogP contribution in [0.1, 0.15) is 30.6 Å². The molecule has 23 heavy (non-hydrogen) atoms.